The van der Waals surface area contributed by atoms with Gasteiger partial charge in [-0.2, -0.15) is 0 Å². The first-order chi connectivity index (χ1) is 14.3. The van der Waals surface area contributed by atoms with Crippen LogP contribution in [0.15, 0.2) is 97.1 Å². The van der Waals surface area contributed by atoms with Gasteiger partial charge in [-0.15, -0.1) is 0 Å². The fourth-order valence-corrected chi connectivity index (χ4v) is 4.31. The minimum absolute atomic E-state index is 0.667. The van der Waals surface area contributed by atoms with Crippen LogP contribution >= 0.6 is 11.6 Å². The van der Waals surface area contributed by atoms with E-state index in [0.717, 1.165) is 33.5 Å². The number of halogens is 1. The summed E-state index contributed by atoms with van der Waals surface area (Å²) in [5.74, 6) is 0.861. The van der Waals surface area contributed by atoms with Crippen LogP contribution in [0.2, 0.25) is 5.02 Å². The molecule has 0 unspecified atom stereocenters. The molecule has 0 radical (unpaired) electrons. The number of hydrogen-bond donors (Lipinski definition) is 0. The molecule has 0 amide bonds. The van der Waals surface area contributed by atoms with Gasteiger partial charge in [0.05, 0.1) is 21.6 Å². The predicted molar refractivity (Wildman–Crippen MR) is 120 cm³/mol. The van der Waals surface area contributed by atoms with E-state index in [1.54, 1.807) is 0 Å². The zero-order valence-electron chi connectivity index (χ0n) is 15.5. The molecule has 0 fully saturated rings. The molecule has 0 aliphatic carbocycles. The van der Waals surface area contributed by atoms with Crippen molar-refractivity contribution in [2.45, 2.75) is 0 Å². The Hall–Kier alpha value is -3.56. The zero-order valence-corrected chi connectivity index (χ0v) is 16.2. The van der Waals surface area contributed by atoms with E-state index < -0.39 is 0 Å². The highest BCUT2D eigenvalue weighted by atomic mass is 35.5. The molecular formula is C25H16ClN3. The average molecular weight is 394 g/mol. The van der Waals surface area contributed by atoms with E-state index in [9.17, 15) is 0 Å². The molecule has 6 rings (SSSR count). The fourth-order valence-electron chi connectivity index (χ4n) is 4.10. The standard InChI is InChI=1S/C25H16ClN3/c26-20-12-7-15-23-24(20)27-25-28(21-13-4-5-14-22(21)29(23)25)19-11-6-10-18(16-19)17-8-2-1-3-9-17/h1-16H. The molecule has 138 valence electrons. The summed E-state index contributed by atoms with van der Waals surface area (Å²) in [4.78, 5) is 4.92. The van der Waals surface area contributed by atoms with Crippen molar-refractivity contribution in [2.75, 3.05) is 0 Å². The zero-order chi connectivity index (χ0) is 19.4. The first-order valence-corrected chi connectivity index (χ1v) is 9.91. The third-order valence-electron chi connectivity index (χ3n) is 5.39. The van der Waals surface area contributed by atoms with Crippen molar-refractivity contribution in [2.24, 2.45) is 0 Å². The molecule has 2 heterocycles. The topological polar surface area (TPSA) is 22.2 Å². The molecule has 6 aromatic rings. The lowest BCUT2D eigenvalue weighted by Gasteiger charge is -2.08. The van der Waals surface area contributed by atoms with Crippen molar-refractivity contribution in [3.8, 4) is 16.8 Å². The van der Waals surface area contributed by atoms with Crippen LogP contribution in [0.25, 0.3) is 44.7 Å². The molecule has 3 nitrogen and oxygen atoms in total. The predicted octanol–water partition coefficient (Wildman–Crippen LogP) is 6.75. The van der Waals surface area contributed by atoms with Gasteiger partial charge in [0, 0.05) is 5.69 Å². The molecule has 0 N–H and O–H groups in total. The quantitative estimate of drug-likeness (QED) is 0.319. The van der Waals surface area contributed by atoms with Crippen LogP contribution in [0, 0.1) is 0 Å². The lowest BCUT2D eigenvalue weighted by molar-refractivity contribution is 1.11. The van der Waals surface area contributed by atoms with Crippen LogP contribution in [0.1, 0.15) is 0 Å². The highest BCUT2D eigenvalue weighted by molar-refractivity contribution is 6.35. The lowest BCUT2D eigenvalue weighted by atomic mass is 10.1. The molecular weight excluding hydrogens is 378 g/mol. The Bertz CT molecular complexity index is 1510. The van der Waals surface area contributed by atoms with Gasteiger partial charge in [0.15, 0.2) is 0 Å². The Kier molecular flexibility index (Phi) is 3.52. The van der Waals surface area contributed by atoms with Crippen LogP contribution in [-0.2, 0) is 0 Å². The normalized spacial score (nSPS) is 11.6. The molecule has 0 bridgehead atoms. The van der Waals surface area contributed by atoms with Gasteiger partial charge >= 0.3 is 0 Å². The molecule has 29 heavy (non-hydrogen) atoms. The van der Waals surface area contributed by atoms with Crippen molar-refractivity contribution in [1.29, 1.82) is 0 Å². The summed E-state index contributed by atoms with van der Waals surface area (Å²) in [6, 6.07) is 33.3. The Labute approximate surface area is 172 Å². The minimum atomic E-state index is 0.667. The lowest BCUT2D eigenvalue weighted by Crippen LogP contribution is -1.95. The largest absolute Gasteiger partial charge is 0.278 e. The van der Waals surface area contributed by atoms with Gasteiger partial charge < -0.3 is 0 Å². The van der Waals surface area contributed by atoms with E-state index in [1.165, 1.54) is 11.1 Å². The van der Waals surface area contributed by atoms with Gasteiger partial charge in [-0.05, 0) is 47.5 Å². The SMILES string of the molecule is Clc1cccc2c1nc1n(-c3cccc(-c4ccccc4)c3)c3ccccc3n21. The van der Waals surface area contributed by atoms with Crippen molar-refractivity contribution >= 4 is 39.4 Å². The van der Waals surface area contributed by atoms with Gasteiger partial charge in [0.2, 0.25) is 5.78 Å². The monoisotopic (exact) mass is 393 g/mol. The van der Waals surface area contributed by atoms with Crippen LogP contribution in [0.3, 0.4) is 0 Å². The molecule has 2 aromatic heterocycles. The number of nitrogens with zero attached hydrogens (tertiary/aromatic N) is 3. The summed E-state index contributed by atoms with van der Waals surface area (Å²) in [7, 11) is 0. The third kappa shape index (κ3) is 2.41. The number of fused-ring (bicyclic) bond motifs is 5. The number of hydrogen-bond acceptors (Lipinski definition) is 1. The van der Waals surface area contributed by atoms with Crippen molar-refractivity contribution in [1.82, 2.24) is 14.0 Å². The van der Waals surface area contributed by atoms with E-state index in [2.05, 4.69) is 87.8 Å². The molecule has 0 saturated carbocycles. The Balaban J connectivity index is 1.71. The van der Waals surface area contributed by atoms with E-state index in [4.69, 9.17) is 16.6 Å². The van der Waals surface area contributed by atoms with Crippen LogP contribution in [0.4, 0.5) is 0 Å². The molecule has 4 aromatic carbocycles. The average Bonchev–Trinajstić information content (AvgIpc) is 3.30. The maximum atomic E-state index is 6.46. The number of rotatable bonds is 2. The summed E-state index contributed by atoms with van der Waals surface area (Å²) in [6.07, 6.45) is 0. The summed E-state index contributed by atoms with van der Waals surface area (Å²) >= 11 is 6.46. The van der Waals surface area contributed by atoms with Crippen molar-refractivity contribution in [3.05, 3.63) is 102 Å². The Morgan fingerprint density at radius 1 is 0.621 bits per heavy atom. The van der Waals surface area contributed by atoms with Gasteiger partial charge in [0.25, 0.3) is 0 Å². The highest BCUT2D eigenvalue weighted by Gasteiger charge is 2.18. The van der Waals surface area contributed by atoms with Gasteiger partial charge in [-0.25, -0.2) is 4.98 Å². The van der Waals surface area contributed by atoms with Crippen LogP contribution in [0.5, 0.6) is 0 Å². The Morgan fingerprint density at radius 3 is 2.17 bits per heavy atom. The van der Waals surface area contributed by atoms with Crippen LogP contribution in [-0.4, -0.2) is 14.0 Å². The minimum Gasteiger partial charge on any atom is -0.278 e. The van der Waals surface area contributed by atoms with E-state index in [1.807, 2.05) is 18.2 Å². The van der Waals surface area contributed by atoms with Crippen molar-refractivity contribution < 1.29 is 0 Å². The van der Waals surface area contributed by atoms with Gasteiger partial charge in [-0.1, -0.05) is 72.3 Å². The van der Waals surface area contributed by atoms with Gasteiger partial charge in [0.1, 0.15) is 5.52 Å². The van der Waals surface area contributed by atoms with Gasteiger partial charge in [-0.3, -0.25) is 8.97 Å². The van der Waals surface area contributed by atoms with E-state index >= 15 is 0 Å². The van der Waals surface area contributed by atoms with E-state index in [-0.39, 0.29) is 0 Å². The van der Waals surface area contributed by atoms with Crippen LogP contribution < -0.4 is 0 Å². The molecule has 0 aliphatic rings. The van der Waals surface area contributed by atoms with E-state index in [0.29, 0.717) is 5.02 Å². The second kappa shape index (κ2) is 6.23. The molecule has 0 saturated heterocycles. The smallest absolute Gasteiger partial charge is 0.220 e. The number of imidazole rings is 2. The second-order valence-corrected chi connectivity index (χ2v) is 7.50. The number of aromatic nitrogens is 3. The first kappa shape index (κ1) is 16.4. The maximum Gasteiger partial charge on any atom is 0.220 e. The summed E-state index contributed by atoms with van der Waals surface area (Å²) in [5, 5.41) is 0.667. The maximum absolute atomic E-state index is 6.46. The highest BCUT2D eigenvalue weighted by Crippen LogP contribution is 2.32. The summed E-state index contributed by atoms with van der Waals surface area (Å²) in [6.45, 7) is 0. The van der Waals surface area contributed by atoms with Crippen molar-refractivity contribution in [3.63, 3.8) is 0 Å². The second-order valence-electron chi connectivity index (χ2n) is 7.10. The first-order valence-electron chi connectivity index (χ1n) is 9.53. The number of para-hydroxylation sites is 3. The fraction of sp³-hybridized carbons (Fsp3) is 0. The number of benzene rings is 4. The molecule has 0 spiro atoms. The molecule has 0 aliphatic heterocycles. The molecule has 0 atom stereocenters. The molecule has 4 heteroatoms. The Morgan fingerprint density at radius 2 is 1.31 bits per heavy atom. The third-order valence-corrected chi connectivity index (χ3v) is 5.70. The summed E-state index contributed by atoms with van der Waals surface area (Å²) < 4.78 is 4.39. The summed E-state index contributed by atoms with van der Waals surface area (Å²) in [5.41, 5.74) is 7.50.